The van der Waals surface area contributed by atoms with Crippen LogP contribution in [0.3, 0.4) is 0 Å². The Bertz CT molecular complexity index is 901. The first-order chi connectivity index (χ1) is 13.6. The summed E-state index contributed by atoms with van der Waals surface area (Å²) in [5.74, 6) is 2.86. The fourth-order valence-corrected chi connectivity index (χ4v) is 3.41. The number of alkyl halides is 3. The highest BCUT2D eigenvalue weighted by molar-refractivity contribution is 6.49. The lowest BCUT2D eigenvalue weighted by Gasteiger charge is -2.22. The van der Waals surface area contributed by atoms with Crippen molar-refractivity contribution in [2.75, 3.05) is 19.8 Å². The summed E-state index contributed by atoms with van der Waals surface area (Å²) >= 11 is 0. The van der Waals surface area contributed by atoms with Gasteiger partial charge in [-0.25, -0.2) is 0 Å². The molecule has 0 unspecified atom stereocenters. The maximum atomic E-state index is 13.7. The summed E-state index contributed by atoms with van der Waals surface area (Å²) in [5.41, 5.74) is 2.93. The van der Waals surface area contributed by atoms with E-state index in [4.69, 9.17) is 9.47 Å². The Morgan fingerprint density at radius 1 is 1.21 bits per heavy atom. The average molecular weight is 421 g/mol. The van der Waals surface area contributed by atoms with E-state index < -0.39 is 11.7 Å². The standard InChI is InChI=1S/C21H23F3N2O2Si/c1-20(2,3)29-11-7-15-4-5-17(18(12-15)21(22,23)24)19-6-8-26(25-19)13-16-14-27-9-10-28-16/h4-6,8,12,16H,9-10,13-14H2,1-3H3/t16-/m0/s1. The van der Waals surface area contributed by atoms with Gasteiger partial charge in [-0.3, -0.25) is 4.68 Å². The molecule has 0 bridgehead atoms. The van der Waals surface area contributed by atoms with E-state index in [0.29, 0.717) is 41.4 Å². The van der Waals surface area contributed by atoms with Gasteiger partial charge in [0.1, 0.15) is 6.10 Å². The first-order valence-electron chi connectivity index (χ1n) is 9.34. The van der Waals surface area contributed by atoms with Gasteiger partial charge in [0.2, 0.25) is 0 Å². The minimum atomic E-state index is -4.50. The maximum absolute atomic E-state index is 13.7. The molecule has 1 aromatic carbocycles. The molecule has 2 aromatic rings. The molecule has 8 heteroatoms. The summed E-state index contributed by atoms with van der Waals surface area (Å²) in [6.45, 7) is 8.09. The Labute approximate surface area is 171 Å². The summed E-state index contributed by atoms with van der Waals surface area (Å²) in [6, 6.07) is 5.74. The number of benzene rings is 1. The molecule has 2 heterocycles. The van der Waals surface area contributed by atoms with Gasteiger partial charge in [-0.05, 0) is 23.2 Å². The third-order valence-corrected chi connectivity index (χ3v) is 5.16. The molecule has 1 aromatic heterocycles. The van der Waals surface area contributed by atoms with Gasteiger partial charge in [0.15, 0.2) is 9.52 Å². The Balaban J connectivity index is 1.85. The van der Waals surface area contributed by atoms with Gasteiger partial charge in [0.25, 0.3) is 0 Å². The third kappa shape index (κ3) is 6.20. The summed E-state index contributed by atoms with van der Waals surface area (Å²) in [5, 5.41) is 4.35. The number of hydrogen-bond donors (Lipinski definition) is 0. The minimum Gasteiger partial charge on any atom is -0.376 e. The largest absolute Gasteiger partial charge is 0.417 e. The van der Waals surface area contributed by atoms with Crippen molar-refractivity contribution < 1.29 is 22.6 Å². The Kier molecular flexibility index (Phi) is 6.51. The molecule has 0 aliphatic carbocycles. The smallest absolute Gasteiger partial charge is 0.376 e. The van der Waals surface area contributed by atoms with Crippen LogP contribution in [-0.4, -0.2) is 45.2 Å². The number of nitrogens with zero attached hydrogens (tertiary/aromatic N) is 2. The van der Waals surface area contributed by atoms with Crippen LogP contribution in [0, 0.1) is 11.5 Å². The van der Waals surface area contributed by atoms with E-state index in [-0.39, 0.29) is 22.4 Å². The van der Waals surface area contributed by atoms with Gasteiger partial charge >= 0.3 is 6.18 Å². The summed E-state index contributed by atoms with van der Waals surface area (Å²) in [4.78, 5) is 0. The van der Waals surface area contributed by atoms with Crippen molar-refractivity contribution in [1.29, 1.82) is 0 Å². The fourth-order valence-electron chi connectivity index (χ4n) is 2.83. The van der Waals surface area contributed by atoms with Crippen LogP contribution >= 0.6 is 0 Å². The molecule has 1 aliphatic heterocycles. The van der Waals surface area contributed by atoms with Crippen molar-refractivity contribution in [2.24, 2.45) is 0 Å². The van der Waals surface area contributed by atoms with Crippen molar-refractivity contribution in [1.82, 2.24) is 9.78 Å². The predicted molar refractivity (Wildman–Crippen MR) is 106 cm³/mol. The molecule has 1 saturated heterocycles. The quantitative estimate of drug-likeness (QED) is 0.551. The van der Waals surface area contributed by atoms with E-state index in [2.05, 4.69) is 16.6 Å². The van der Waals surface area contributed by atoms with Crippen molar-refractivity contribution in [3.05, 3.63) is 41.6 Å². The molecule has 29 heavy (non-hydrogen) atoms. The van der Waals surface area contributed by atoms with Crippen LogP contribution in [0.25, 0.3) is 11.3 Å². The summed E-state index contributed by atoms with van der Waals surface area (Å²) in [7, 11) is 0.345. The molecule has 1 atom stereocenters. The third-order valence-electron chi connectivity index (χ3n) is 4.16. The summed E-state index contributed by atoms with van der Waals surface area (Å²) in [6.07, 6.45) is -2.99. The molecule has 1 aliphatic rings. The van der Waals surface area contributed by atoms with E-state index in [1.54, 1.807) is 23.0 Å². The van der Waals surface area contributed by atoms with Crippen LogP contribution in [0.2, 0.25) is 5.04 Å². The first-order valence-corrected chi connectivity index (χ1v) is 10.3. The van der Waals surface area contributed by atoms with E-state index in [9.17, 15) is 13.2 Å². The van der Waals surface area contributed by atoms with Crippen molar-refractivity contribution in [2.45, 2.75) is 44.6 Å². The van der Waals surface area contributed by atoms with Crippen LogP contribution in [0.4, 0.5) is 13.2 Å². The normalized spacial score (nSPS) is 17.7. The topological polar surface area (TPSA) is 36.3 Å². The molecule has 0 spiro atoms. The highest BCUT2D eigenvalue weighted by Crippen LogP contribution is 2.37. The monoisotopic (exact) mass is 420 g/mol. The van der Waals surface area contributed by atoms with Gasteiger partial charge in [0, 0.05) is 17.3 Å². The SMILES string of the molecule is CC(C)(C)[Si]C#Cc1ccc(-c2ccn(C[C@H]3COCCO3)n2)c(C(F)(F)F)c1. The summed E-state index contributed by atoms with van der Waals surface area (Å²) < 4.78 is 53.6. The molecule has 0 N–H and O–H groups in total. The Hall–Kier alpha value is -2.08. The van der Waals surface area contributed by atoms with Crippen molar-refractivity contribution in [3.8, 4) is 22.7 Å². The van der Waals surface area contributed by atoms with Crippen LogP contribution in [0.15, 0.2) is 30.5 Å². The second kappa shape index (κ2) is 8.74. The Morgan fingerprint density at radius 3 is 2.66 bits per heavy atom. The van der Waals surface area contributed by atoms with Crippen LogP contribution < -0.4 is 0 Å². The van der Waals surface area contributed by atoms with E-state index in [0.717, 1.165) is 6.07 Å². The molecule has 1 fully saturated rings. The number of hydrogen-bond acceptors (Lipinski definition) is 3. The maximum Gasteiger partial charge on any atom is 0.417 e. The van der Waals surface area contributed by atoms with E-state index in [1.807, 2.05) is 20.8 Å². The highest BCUT2D eigenvalue weighted by atomic mass is 28.2. The fraction of sp³-hybridized carbons (Fsp3) is 0.476. The number of ether oxygens (including phenoxy) is 2. The molecule has 0 amide bonds. The number of rotatable bonds is 3. The molecule has 154 valence electrons. The van der Waals surface area contributed by atoms with Crippen LogP contribution in [-0.2, 0) is 22.2 Å². The Morgan fingerprint density at radius 2 is 2.00 bits per heavy atom. The van der Waals surface area contributed by atoms with Gasteiger partial charge in [-0.1, -0.05) is 32.8 Å². The lowest BCUT2D eigenvalue weighted by molar-refractivity contribution is -0.137. The average Bonchev–Trinajstić information content (AvgIpc) is 3.09. The predicted octanol–water partition coefficient (Wildman–Crippen LogP) is 4.22. The zero-order chi connectivity index (χ0) is 21.1. The van der Waals surface area contributed by atoms with Crippen LogP contribution in [0.5, 0.6) is 0 Å². The molecular formula is C21H23F3N2O2Si. The second-order valence-corrected chi connectivity index (χ2v) is 9.87. The number of halogens is 3. The van der Waals surface area contributed by atoms with Crippen LogP contribution in [0.1, 0.15) is 31.9 Å². The van der Waals surface area contributed by atoms with Crippen molar-refractivity contribution in [3.63, 3.8) is 0 Å². The highest BCUT2D eigenvalue weighted by Gasteiger charge is 2.34. The van der Waals surface area contributed by atoms with Gasteiger partial charge in [-0.2, -0.15) is 18.3 Å². The zero-order valence-corrected chi connectivity index (χ0v) is 17.6. The molecular weight excluding hydrogens is 397 g/mol. The lowest BCUT2D eigenvalue weighted by atomic mass is 10.0. The van der Waals surface area contributed by atoms with Gasteiger partial charge in [-0.15, -0.1) is 5.54 Å². The van der Waals surface area contributed by atoms with Crippen molar-refractivity contribution >= 4 is 9.52 Å². The molecule has 4 nitrogen and oxygen atoms in total. The minimum absolute atomic E-state index is 0.0275. The molecule has 3 rings (SSSR count). The van der Waals surface area contributed by atoms with Gasteiger partial charge < -0.3 is 9.47 Å². The van der Waals surface area contributed by atoms with E-state index >= 15 is 0 Å². The lowest BCUT2D eigenvalue weighted by Crippen LogP contribution is -2.32. The second-order valence-electron chi connectivity index (χ2n) is 7.87. The number of aromatic nitrogens is 2. The zero-order valence-electron chi connectivity index (χ0n) is 16.6. The first kappa shape index (κ1) is 21.6. The van der Waals surface area contributed by atoms with E-state index in [1.165, 1.54) is 6.07 Å². The molecule has 2 radical (unpaired) electrons. The molecule has 0 saturated carbocycles. The van der Waals surface area contributed by atoms with Gasteiger partial charge in [0.05, 0.1) is 37.6 Å².